The minimum atomic E-state index is -3.96. The Morgan fingerprint density at radius 3 is 2.58 bits per heavy atom. The lowest BCUT2D eigenvalue weighted by Crippen LogP contribution is -2.38. The normalized spacial score (nSPS) is 18.4. The molecule has 1 aliphatic rings. The second kappa shape index (κ2) is 5.26. The summed E-state index contributed by atoms with van der Waals surface area (Å²) in [6.45, 7) is 0.474. The van der Waals surface area contributed by atoms with E-state index in [0.29, 0.717) is 13.0 Å². The Bertz CT molecular complexity index is 588. The fraction of sp³-hybridized carbons (Fsp3) is 0.417. The van der Waals surface area contributed by atoms with Crippen molar-refractivity contribution in [3.05, 3.63) is 30.1 Å². The Morgan fingerprint density at radius 1 is 1.21 bits per heavy atom. The highest BCUT2D eigenvalue weighted by Crippen LogP contribution is 2.20. The van der Waals surface area contributed by atoms with Gasteiger partial charge in [-0.1, -0.05) is 12.1 Å². The molecule has 5 nitrogen and oxygen atoms in total. The van der Waals surface area contributed by atoms with E-state index in [1.165, 1.54) is 23.1 Å². The van der Waals surface area contributed by atoms with Gasteiger partial charge in [0, 0.05) is 20.1 Å². The first-order chi connectivity index (χ1) is 8.93. The zero-order chi connectivity index (χ0) is 14.0. The molecule has 2 rings (SSSR count). The van der Waals surface area contributed by atoms with E-state index in [2.05, 4.69) is 0 Å². The summed E-state index contributed by atoms with van der Waals surface area (Å²) in [6, 6.07) is 5.19. The molecule has 0 radical (unpaired) electrons. The third kappa shape index (κ3) is 2.76. The van der Waals surface area contributed by atoms with E-state index in [0.717, 1.165) is 10.4 Å². The topological polar surface area (TPSA) is 57.7 Å². The lowest BCUT2D eigenvalue weighted by molar-refractivity contribution is -0.129. The Balaban J connectivity index is 2.35. The summed E-state index contributed by atoms with van der Waals surface area (Å²) in [5.41, 5.74) is 0. The van der Waals surface area contributed by atoms with Crippen LogP contribution in [0, 0.1) is 5.82 Å². The van der Waals surface area contributed by atoms with Crippen molar-refractivity contribution in [1.82, 2.24) is 9.21 Å². The van der Waals surface area contributed by atoms with Crippen molar-refractivity contribution in [2.75, 3.05) is 26.7 Å². The molecule has 1 fully saturated rings. The first-order valence-corrected chi connectivity index (χ1v) is 7.35. The molecule has 1 heterocycles. The smallest absolute Gasteiger partial charge is 0.246 e. The van der Waals surface area contributed by atoms with Crippen molar-refractivity contribution < 1.29 is 17.6 Å². The van der Waals surface area contributed by atoms with Crippen molar-refractivity contribution in [1.29, 1.82) is 0 Å². The molecule has 0 atom stereocenters. The maximum Gasteiger partial charge on any atom is 0.246 e. The fourth-order valence-electron chi connectivity index (χ4n) is 1.96. The largest absolute Gasteiger partial charge is 0.345 e. The Morgan fingerprint density at radius 2 is 1.89 bits per heavy atom. The van der Waals surface area contributed by atoms with Gasteiger partial charge in [0.1, 0.15) is 10.7 Å². The van der Waals surface area contributed by atoms with Gasteiger partial charge < -0.3 is 4.90 Å². The number of likely N-dealkylation sites (N-methyl/N-ethyl adjacent to an activating group) is 1. The first kappa shape index (κ1) is 14.0. The van der Waals surface area contributed by atoms with Crippen molar-refractivity contribution in [3.8, 4) is 0 Å². The molecule has 0 N–H and O–H groups in total. The summed E-state index contributed by atoms with van der Waals surface area (Å²) in [5.74, 6) is -1.08. The van der Waals surface area contributed by atoms with Gasteiger partial charge in [-0.3, -0.25) is 4.79 Å². The van der Waals surface area contributed by atoms with E-state index in [4.69, 9.17) is 0 Å². The van der Waals surface area contributed by atoms with E-state index in [9.17, 15) is 17.6 Å². The van der Waals surface area contributed by atoms with Crippen LogP contribution in [0.2, 0.25) is 0 Å². The van der Waals surface area contributed by atoms with Crippen molar-refractivity contribution in [2.45, 2.75) is 11.3 Å². The first-order valence-electron chi connectivity index (χ1n) is 5.91. The Labute approximate surface area is 111 Å². The molecule has 0 aromatic heterocycles. The van der Waals surface area contributed by atoms with Crippen molar-refractivity contribution in [3.63, 3.8) is 0 Å². The van der Waals surface area contributed by atoms with E-state index >= 15 is 0 Å². The van der Waals surface area contributed by atoms with Gasteiger partial charge >= 0.3 is 0 Å². The second-order valence-electron chi connectivity index (χ2n) is 4.44. The molecule has 1 aliphatic heterocycles. The second-order valence-corrected chi connectivity index (χ2v) is 6.34. The molecule has 19 heavy (non-hydrogen) atoms. The summed E-state index contributed by atoms with van der Waals surface area (Å²) < 4.78 is 39.3. The third-order valence-corrected chi connectivity index (χ3v) is 4.97. The minimum Gasteiger partial charge on any atom is -0.345 e. The maximum absolute atomic E-state index is 13.6. The number of rotatable bonds is 2. The predicted molar refractivity (Wildman–Crippen MR) is 67.4 cm³/mol. The highest BCUT2D eigenvalue weighted by molar-refractivity contribution is 7.89. The van der Waals surface area contributed by atoms with Crippen LogP contribution in [0.15, 0.2) is 29.2 Å². The van der Waals surface area contributed by atoms with E-state index in [1.807, 2.05) is 0 Å². The Kier molecular flexibility index (Phi) is 3.86. The van der Waals surface area contributed by atoms with E-state index in [-0.39, 0.29) is 23.9 Å². The third-order valence-electron chi connectivity index (χ3n) is 3.09. The van der Waals surface area contributed by atoms with Gasteiger partial charge in [-0.15, -0.1) is 0 Å². The number of hydrogen-bond donors (Lipinski definition) is 0. The quantitative estimate of drug-likeness (QED) is 0.803. The van der Waals surface area contributed by atoms with Crippen LogP contribution in [0.5, 0.6) is 0 Å². The standard InChI is InChI=1S/C12H15FN2O3S/c1-14-7-4-8-15(9-12(14)16)19(17,18)11-6-3-2-5-10(11)13/h2-3,5-6H,4,7-9H2,1H3. The lowest BCUT2D eigenvalue weighted by atomic mass is 10.3. The number of carbonyl (C=O) groups is 1. The van der Waals surface area contributed by atoms with Crippen LogP contribution in [0.4, 0.5) is 4.39 Å². The van der Waals surface area contributed by atoms with Crippen LogP contribution in [0.25, 0.3) is 0 Å². The zero-order valence-corrected chi connectivity index (χ0v) is 11.4. The van der Waals surface area contributed by atoms with Crippen molar-refractivity contribution >= 4 is 15.9 Å². The summed E-state index contributed by atoms with van der Waals surface area (Å²) >= 11 is 0. The maximum atomic E-state index is 13.6. The highest BCUT2D eigenvalue weighted by Gasteiger charge is 2.31. The van der Waals surface area contributed by atoms with Crippen molar-refractivity contribution in [2.24, 2.45) is 0 Å². The van der Waals surface area contributed by atoms with E-state index < -0.39 is 15.8 Å². The van der Waals surface area contributed by atoms with Crippen LogP contribution >= 0.6 is 0 Å². The van der Waals surface area contributed by atoms with Crippen LogP contribution in [-0.2, 0) is 14.8 Å². The molecule has 0 unspecified atom stereocenters. The molecule has 1 aromatic rings. The van der Waals surface area contributed by atoms with Gasteiger partial charge in [0.25, 0.3) is 0 Å². The fourth-order valence-corrected chi connectivity index (χ4v) is 3.45. The molecule has 1 saturated heterocycles. The number of amides is 1. The van der Waals surface area contributed by atoms with Gasteiger partial charge in [0.2, 0.25) is 15.9 Å². The average Bonchev–Trinajstić information content (AvgIpc) is 2.53. The van der Waals surface area contributed by atoms with Gasteiger partial charge in [0.15, 0.2) is 0 Å². The van der Waals surface area contributed by atoms with Crippen LogP contribution < -0.4 is 0 Å². The SMILES string of the molecule is CN1CCCN(S(=O)(=O)c2ccccc2F)CC1=O. The van der Waals surface area contributed by atoms with Gasteiger partial charge in [0.05, 0.1) is 6.54 Å². The molecule has 7 heteroatoms. The molecule has 0 aliphatic carbocycles. The molecular formula is C12H15FN2O3S. The van der Waals surface area contributed by atoms with Crippen LogP contribution in [0.3, 0.4) is 0 Å². The molecular weight excluding hydrogens is 271 g/mol. The summed E-state index contributed by atoms with van der Waals surface area (Å²) in [6.07, 6.45) is 0.538. The summed E-state index contributed by atoms with van der Waals surface area (Å²) in [5, 5.41) is 0. The minimum absolute atomic E-state index is 0.215. The number of sulfonamides is 1. The number of hydrogen-bond acceptors (Lipinski definition) is 3. The highest BCUT2D eigenvalue weighted by atomic mass is 32.2. The Hall–Kier alpha value is -1.47. The zero-order valence-electron chi connectivity index (χ0n) is 10.5. The predicted octanol–water partition coefficient (Wildman–Crippen LogP) is 0.678. The monoisotopic (exact) mass is 286 g/mol. The van der Waals surface area contributed by atoms with Gasteiger partial charge in [-0.05, 0) is 18.6 Å². The lowest BCUT2D eigenvalue weighted by Gasteiger charge is -2.19. The molecule has 0 bridgehead atoms. The van der Waals surface area contributed by atoms with Gasteiger partial charge in [-0.2, -0.15) is 4.31 Å². The molecule has 1 aromatic carbocycles. The van der Waals surface area contributed by atoms with Crippen LogP contribution in [0.1, 0.15) is 6.42 Å². The number of nitrogens with zero attached hydrogens (tertiary/aromatic N) is 2. The summed E-state index contributed by atoms with van der Waals surface area (Å²) in [4.78, 5) is 12.8. The summed E-state index contributed by atoms with van der Waals surface area (Å²) in [7, 11) is -2.34. The van der Waals surface area contributed by atoms with Gasteiger partial charge in [-0.25, -0.2) is 12.8 Å². The molecule has 104 valence electrons. The molecule has 0 saturated carbocycles. The van der Waals surface area contributed by atoms with E-state index in [1.54, 1.807) is 7.05 Å². The number of halogens is 1. The molecule has 0 spiro atoms. The average molecular weight is 286 g/mol. The molecule has 1 amide bonds. The number of benzene rings is 1. The number of carbonyl (C=O) groups excluding carboxylic acids is 1. The van der Waals surface area contributed by atoms with Crippen LogP contribution in [-0.4, -0.2) is 50.2 Å².